The van der Waals surface area contributed by atoms with Crippen LogP contribution in [0.1, 0.15) is 36.6 Å². The van der Waals surface area contributed by atoms with Crippen LogP contribution in [0.25, 0.3) is 0 Å². The van der Waals surface area contributed by atoms with Gasteiger partial charge in [-0.25, -0.2) is 0 Å². The molecule has 4 rings (SSSR count). The number of aryl methyl sites for hydroxylation is 1. The molecule has 0 saturated carbocycles. The smallest absolute Gasteiger partial charge is 0.198 e. The lowest BCUT2D eigenvalue weighted by Crippen LogP contribution is -2.32. The van der Waals surface area contributed by atoms with E-state index in [0.717, 1.165) is 29.1 Å². The number of hydrogen-bond acceptors (Lipinski definition) is 6. The molecule has 0 unspecified atom stereocenters. The lowest BCUT2D eigenvalue weighted by molar-refractivity contribution is 0.128. The second-order valence-electron chi connectivity index (χ2n) is 6.32. The first-order valence-electron chi connectivity index (χ1n) is 8.54. The van der Waals surface area contributed by atoms with Crippen molar-refractivity contribution in [1.29, 1.82) is 0 Å². The number of rotatable bonds is 5. The molecule has 4 heterocycles. The Balaban J connectivity index is 1.46. The lowest BCUT2D eigenvalue weighted by Gasteiger charge is -2.35. The number of furan rings is 1. The summed E-state index contributed by atoms with van der Waals surface area (Å²) in [5, 5.41) is 9.66. The molecule has 25 heavy (non-hydrogen) atoms. The topological polar surface area (TPSA) is 60.0 Å². The molecule has 130 valence electrons. The van der Waals surface area contributed by atoms with Crippen molar-refractivity contribution < 1.29 is 4.42 Å². The largest absolute Gasteiger partial charge is 0.453 e. The van der Waals surface area contributed by atoms with Gasteiger partial charge >= 0.3 is 0 Å². The molecule has 1 aliphatic heterocycles. The molecule has 0 spiro atoms. The van der Waals surface area contributed by atoms with Gasteiger partial charge < -0.3 is 8.98 Å². The van der Waals surface area contributed by atoms with Crippen molar-refractivity contribution in [2.75, 3.05) is 6.54 Å². The van der Waals surface area contributed by atoms with Crippen LogP contribution in [0.4, 0.5) is 0 Å². The first-order valence-corrected chi connectivity index (χ1v) is 9.36. The van der Waals surface area contributed by atoms with Gasteiger partial charge in [-0.3, -0.25) is 9.88 Å². The summed E-state index contributed by atoms with van der Waals surface area (Å²) in [7, 11) is 1.93. The summed E-state index contributed by atoms with van der Waals surface area (Å²) in [5.41, 5.74) is 1.29. The van der Waals surface area contributed by atoms with E-state index >= 15 is 0 Å². The van der Waals surface area contributed by atoms with Gasteiger partial charge in [-0.2, -0.15) is 0 Å². The third-order valence-electron chi connectivity index (χ3n) is 4.54. The number of hydrogen-bond donors (Lipinski definition) is 0. The Bertz CT molecular complexity index is 816. The maximum atomic E-state index is 6.02. The highest BCUT2D eigenvalue weighted by atomic mass is 32.2. The Morgan fingerprint density at radius 1 is 1.28 bits per heavy atom. The van der Waals surface area contributed by atoms with Crippen molar-refractivity contribution in [2.24, 2.45) is 7.05 Å². The fourth-order valence-electron chi connectivity index (χ4n) is 3.28. The van der Waals surface area contributed by atoms with E-state index in [0.29, 0.717) is 6.04 Å². The average molecular weight is 355 g/mol. The maximum absolute atomic E-state index is 6.02. The van der Waals surface area contributed by atoms with Crippen LogP contribution in [0.5, 0.6) is 0 Å². The maximum Gasteiger partial charge on any atom is 0.198 e. The van der Waals surface area contributed by atoms with Gasteiger partial charge in [0.1, 0.15) is 12.1 Å². The van der Waals surface area contributed by atoms with Crippen LogP contribution in [-0.2, 0) is 13.6 Å². The van der Waals surface area contributed by atoms with Crippen LogP contribution >= 0.6 is 11.8 Å². The Morgan fingerprint density at radius 2 is 2.24 bits per heavy atom. The molecule has 1 atom stereocenters. The molecule has 0 N–H and O–H groups in total. The predicted molar refractivity (Wildman–Crippen MR) is 95.1 cm³/mol. The van der Waals surface area contributed by atoms with Gasteiger partial charge in [-0.05, 0) is 54.9 Å². The standard InChI is InChI=1S/C18H21N5OS/c1-22-13-20-21-18(22)25-17-8-7-15(24-17)12-23-10-3-2-6-16(23)14-5-4-9-19-11-14/h4-5,7-9,11,13,16H,2-3,6,10,12H2,1H3/t16-/m0/s1. The van der Waals surface area contributed by atoms with E-state index in [9.17, 15) is 0 Å². The third kappa shape index (κ3) is 3.77. The molecule has 0 aliphatic carbocycles. The minimum absolute atomic E-state index is 0.419. The molecule has 0 aromatic carbocycles. The van der Waals surface area contributed by atoms with Crippen molar-refractivity contribution in [1.82, 2.24) is 24.6 Å². The van der Waals surface area contributed by atoms with E-state index in [2.05, 4.69) is 32.2 Å². The van der Waals surface area contributed by atoms with E-state index in [4.69, 9.17) is 4.42 Å². The monoisotopic (exact) mass is 355 g/mol. The first kappa shape index (κ1) is 16.4. The summed E-state index contributed by atoms with van der Waals surface area (Å²) in [6.45, 7) is 1.91. The van der Waals surface area contributed by atoms with Crippen molar-refractivity contribution in [2.45, 2.75) is 42.1 Å². The highest BCUT2D eigenvalue weighted by Crippen LogP contribution is 2.33. The van der Waals surface area contributed by atoms with Crippen molar-refractivity contribution in [3.05, 3.63) is 54.3 Å². The Hall–Kier alpha value is -2.12. The number of pyridine rings is 1. The zero-order chi connectivity index (χ0) is 17.1. The number of likely N-dealkylation sites (tertiary alicyclic amines) is 1. The van der Waals surface area contributed by atoms with Gasteiger partial charge in [0.2, 0.25) is 0 Å². The quantitative estimate of drug-likeness (QED) is 0.696. The molecule has 3 aromatic rings. The van der Waals surface area contributed by atoms with Crippen LogP contribution in [0.2, 0.25) is 0 Å². The minimum atomic E-state index is 0.419. The summed E-state index contributed by atoms with van der Waals surface area (Å²) in [6.07, 6.45) is 9.19. The van der Waals surface area contributed by atoms with Crippen LogP contribution < -0.4 is 0 Å². The lowest BCUT2D eigenvalue weighted by atomic mass is 9.96. The SMILES string of the molecule is Cn1cnnc1Sc1ccc(CN2CCCC[C@H]2c2cccnc2)o1. The molecule has 1 fully saturated rings. The molecule has 1 saturated heterocycles. The van der Waals surface area contributed by atoms with Crippen LogP contribution in [0.15, 0.2) is 57.7 Å². The van der Waals surface area contributed by atoms with Gasteiger partial charge in [0, 0.05) is 25.5 Å². The molecule has 0 bridgehead atoms. The molecule has 3 aromatic heterocycles. The van der Waals surface area contributed by atoms with Gasteiger partial charge in [-0.15, -0.1) is 10.2 Å². The zero-order valence-corrected chi connectivity index (χ0v) is 15.0. The zero-order valence-electron chi connectivity index (χ0n) is 14.2. The van der Waals surface area contributed by atoms with E-state index < -0.39 is 0 Å². The van der Waals surface area contributed by atoms with Gasteiger partial charge in [0.25, 0.3) is 0 Å². The van der Waals surface area contributed by atoms with E-state index in [-0.39, 0.29) is 0 Å². The Labute approximate surface area is 151 Å². The van der Waals surface area contributed by atoms with E-state index in [1.807, 2.05) is 36.1 Å². The van der Waals surface area contributed by atoms with E-state index in [1.54, 1.807) is 6.33 Å². The summed E-state index contributed by atoms with van der Waals surface area (Å²) >= 11 is 1.50. The summed E-state index contributed by atoms with van der Waals surface area (Å²) in [4.78, 5) is 6.78. The fraction of sp³-hybridized carbons (Fsp3) is 0.389. The van der Waals surface area contributed by atoms with Crippen LogP contribution in [0.3, 0.4) is 0 Å². The Kier molecular flexibility index (Phi) is 4.85. The highest BCUT2D eigenvalue weighted by Gasteiger charge is 2.25. The molecule has 7 heteroatoms. The molecular formula is C18H21N5OS. The molecule has 6 nitrogen and oxygen atoms in total. The molecule has 0 radical (unpaired) electrons. The molecule has 1 aliphatic rings. The number of nitrogens with zero attached hydrogens (tertiary/aromatic N) is 5. The number of piperidine rings is 1. The molecule has 0 amide bonds. The minimum Gasteiger partial charge on any atom is -0.453 e. The summed E-state index contributed by atoms with van der Waals surface area (Å²) < 4.78 is 7.91. The van der Waals surface area contributed by atoms with Crippen LogP contribution in [-0.4, -0.2) is 31.2 Å². The summed E-state index contributed by atoms with van der Waals surface area (Å²) in [5.74, 6) is 0.987. The van der Waals surface area contributed by atoms with E-state index in [1.165, 1.54) is 36.6 Å². The molecular weight excluding hydrogens is 334 g/mol. The Morgan fingerprint density at radius 3 is 3.04 bits per heavy atom. The highest BCUT2D eigenvalue weighted by molar-refractivity contribution is 7.99. The predicted octanol–water partition coefficient (Wildman–Crippen LogP) is 3.68. The first-order chi connectivity index (χ1) is 12.3. The second-order valence-corrected chi connectivity index (χ2v) is 7.29. The summed E-state index contributed by atoms with van der Waals surface area (Å²) in [6, 6.07) is 8.69. The van der Waals surface area contributed by atoms with Gasteiger partial charge in [0.05, 0.1) is 6.54 Å². The second kappa shape index (κ2) is 7.41. The van der Waals surface area contributed by atoms with Crippen molar-refractivity contribution >= 4 is 11.8 Å². The average Bonchev–Trinajstić information content (AvgIpc) is 3.26. The van der Waals surface area contributed by atoms with Crippen molar-refractivity contribution in [3.8, 4) is 0 Å². The fourth-order valence-corrected chi connectivity index (χ4v) is 4.03. The van der Waals surface area contributed by atoms with Crippen molar-refractivity contribution in [3.63, 3.8) is 0 Å². The normalized spacial score (nSPS) is 18.5. The van der Waals surface area contributed by atoms with Gasteiger partial charge in [0.15, 0.2) is 10.2 Å². The van der Waals surface area contributed by atoms with Crippen LogP contribution in [0, 0.1) is 0 Å². The van der Waals surface area contributed by atoms with Gasteiger partial charge in [-0.1, -0.05) is 12.5 Å². The third-order valence-corrected chi connectivity index (χ3v) is 5.51. The number of aromatic nitrogens is 4.